The number of H-pyrrole nitrogens is 1. The monoisotopic (exact) mass is 391 g/mol. The van der Waals surface area contributed by atoms with Crippen molar-refractivity contribution in [1.29, 1.82) is 0 Å². The number of ether oxygens (including phenoxy) is 1. The lowest BCUT2D eigenvalue weighted by Crippen LogP contribution is -2.20. The number of rotatable bonds is 4. The van der Waals surface area contributed by atoms with Crippen molar-refractivity contribution in [3.63, 3.8) is 0 Å². The Kier molecular flexibility index (Phi) is 4.92. The van der Waals surface area contributed by atoms with Gasteiger partial charge in [-0.2, -0.15) is 5.10 Å². The van der Waals surface area contributed by atoms with Crippen molar-refractivity contribution in [2.75, 3.05) is 12.1 Å². The van der Waals surface area contributed by atoms with Gasteiger partial charge in [-0.05, 0) is 55.3 Å². The van der Waals surface area contributed by atoms with Crippen molar-refractivity contribution in [3.05, 3.63) is 93.2 Å². The number of aryl methyl sites for hydroxylation is 2. The molecule has 5 nitrogen and oxygen atoms in total. The number of hydrazone groups is 1. The van der Waals surface area contributed by atoms with Crippen LogP contribution >= 0.6 is 0 Å². The number of aromatic nitrogens is 1. The van der Waals surface area contributed by atoms with Crippen LogP contribution in [-0.4, -0.2) is 17.8 Å². The van der Waals surface area contributed by atoms with Crippen molar-refractivity contribution in [2.45, 2.75) is 26.3 Å². The van der Waals surface area contributed by atoms with E-state index < -0.39 is 0 Å². The van der Waals surface area contributed by atoms with E-state index in [1.165, 1.54) is 6.07 Å². The Bertz CT molecular complexity index is 1140. The maximum atomic E-state index is 14.6. The lowest BCUT2D eigenvalue weighted by Gasteiger charge is -2.24. The number of halogens is 1. The molecule has 2 aromatic carbocycles. The van der Waals surface area contributed by atoms with E-state index in [0.29, 0.717) is 23.4 Å². The SMILES string of the molecule is COc1ccc([C@@H]2CC(c3c(C)cc(C)[nH]c3=O)=NN2c2ccccc2F)cc1. The van der Waals surface area contributed by atoms with E-state index >= 15 is 0 Å². The molecule has 1 atom stereocenters. The Labute approximate surface area is 168 Å². The number of aromatic amines is 1. The van der Waals surface area contributed by atoms with E-state index in [9.17, 15) is 9.18 Å². The van der Waals surface area contributed by atoms with Crippen molar-refractivity contribution < 1.29 is 9.13 Å². The van der Waals surface area contributed by atoms with Crippen LogP contribution in [0.15, 0.2) is 64.5 Å². The summed E-state index contributed by atoms with van der Waals surface area (Å²) in [4.78, 5) is 15.5. The van der Waals surface area contributed by atoms with Gasteiger partial charge in [-0.25, -0.2) is 4.39 Å². The van der Waals surface area contributed by atoms with Crippen molar-refractivity contribution in [3.8, 4) is 5.75 Å². The molecule has 1 aliphatic heterocycles. The lowest BCUT2D eigenvalue weighted by molar-refractivity contribution is 0.414. The number of hydrogen-bond donors (Lipinski definition) is 1. The second-order valence-electron chi connectivity index (χ2n) is 7.18. The molecule has 29 heavy (non-hydrogen) atoms. The minimum absolute atomic E-state index is 0.176. The van der Waals surface area contributed by atoms with Gasteiger partial charge in [0, 0.05) is 12.1 Å². The Morgan fingerprint density at radius 1 is 1.14 bits per heavy atom. The molecule has 0 saturated carbocycles. The van der Waals surface area contributed by atoms with Crippen LogP contribution in [0.2, 0.25) is 0 Å². The maximum absolute atomic E-state index is 14.6. The van der Waals surface area contributed by atoms with Crippen molar-refractivity contribution in [2.24, 2.45) is 5.10 Å². The van der Waals surface area contributed by atoms with Gasteiger partial charge in [0.2, 0.25) is 0 Å². The first-order chi connectivity index (χ1) is 14.0. The summed E-state index contributed by atoms with van der Waals surface area (Å²) in [6, 6.07) is 15.9. The van der Waals surface area contributed by atoms with Crippen LogP contribution in [0.4, 0.5) is 10.1 Å². The second kappa shape index (κ2) is 7.54. The summed E-state index contributed by atoms with van der Waals surface area (Å²) in [5.41, 5.74) is 4.02. The summed E-state index contributed by atoms with van der Waals surface area (Å²) in [7, 11) is 1.61. The van der Waals surface area contributed by atoms with Crippen LogP contribution in [-0.2, 0) is 0 Å². The minimum atomic E-state index is -0.356. The van der Waals surface area contributed by atoms with E-state index in [2.05, 4.69) is 4.98 Å². The van der Waals surface area contributed by atoms with Crippen molar-refractivity contribution in [1.82, 2.24) is 4.98 Å². The van der Waals surface area contributed by atoms with E-state index in [1.54, 1.807) is 30.3 Å². The summed E-state index contributed by atoms with van der Waals surface area (Å²) >= 11 is 0. The Morgan fingerprint density at radius 3 is 2.52 bits per heavy atom. The molecule has 0 amide bonds. The van der Waals surface area contributed by atoms with Gasteiger partial charge in [-0.3, -0.25) is 9.80 Å². The number of para-hydroxylation sites is 1. The molecule has 0 saturated heterocycles. The summed E-state index contributed by atoms with van der Waals surface area (Å²) in [5, 5.41) is 6.37. The topological polar surface area (TPSA) is 57.7 Å². The fourth-order valence-corrected chi connectivity index (χ4v) is 3.82. The second-order valence-corrected chi connectivity index (χ2v) is 7.18. The molecule has 2 heterocycles. The van der Waals surface area contributed by atoms with E-state index in [0.717, 1.165) is 22.6 Å². The maximum Gasteiger partial charge on any atom is 0.257 e. The van der Waals surface area contributed by atoms with Gasteiger partial charge in [0.05, 0.1) is 30.1 Å². The highest BCUT2D eigenvalue weighted by Gasteiger charge is 2.32. The standard InChI is InChI=1S/C23H22FN3O2/c1-14-12-15(2)25-23(28)22(14)19-13-21(16-8-10-17(29-3)11-9-16)27(26-19)20-7-5-4-6-18(20)24/h4-12,21H,13H2,1-3H3,(H,25,28)/t21-/m0/s1. The zero-order valence-corrected chi connectivity index (χ0v) is 16.6. The van der Waals surface area contributed by atoms with Gasteiger partial charge in [0.15, 0.2) is 0 Å². The molecule has 0 fully saturated rings. The van der Waals surface area contributed by atoms with E-state index in [1.807, 2.05) is 44.2 Å². The lowest BCUT2D eigenvalue weighted by atomic mass is 9.96. The Morgan fingerprint density at radius 2 is 1.86 bits per heavy atom. The first-order valence-corrected chi connectivity index (χ1v) is 9.44. The Balaban J connectivity index is 1.82. The number of anilines is 1. The molecule has 1 N–H and O–H groups in total. The van der Waals surface area contributed by atoms with Crippen LogP contribution in [0.5, 0.6) is 5.75 Å². The molecule has 0 spiro atoms. The molecule has 1 aromatic heterocycles. The van der Waals surface area contributed by atoms with Crippen LogP contribution in [0.25, 0.3) is 0 Å². The zero-order valence-electron chi connectivity index (χ0n) is 16.6. The summed E-state index contributed by atoms with van der Waals surface area (Å²) < 4.78 is 19.8. The molecule has 0 unspecified atom stereocenters. The van der Waals surface area contributed by atoms with E-state index in [-0.39, 0.29) is 17.4 Å². The van der Waals surface area contributed by atoms with Crippen LogP contribution < -0.4 is 15.3 Å². The first-order valence-electron chi connectivity index (χ1n) is 9.44. The highest BCUT2D eigenvalue weighted by Crippen LogP contribution is 2.38. The number of hydrogen-bond acceptors (Lipinski definition) is 4. The third-order valence-electron chi connectivity index (χ3n) is 5.16. The molecular formula is C23H22FN3O2. The molecule has 148 valence electrons. The normalized spacial score (nSPS) is 16.1. The quantitative estimate of drug-likeness (QED) is 0.713. The smallest absolute Gasteiger partial charge is 0.257 e. The molecule has 3 aromatic rings. The van der Waals surface area contributed by atoms with Crippen molar-refractivity contribution >= 4 is 11.4 Å². The van der Waals surface area contributed by atoms with Gasteiger partial charge in [0.25, 0.3) is 5.56 Å². The fourth-order valence-electron chi connectivity index (χ4n) is 3.82. The summed E-state index contributed by atoms with van der Waals surface area (Å²) in [6.45, 7) is 3.74. The summed E-state index contributed by atoms with van der Waals surface area (Å²) in [6.07, 6.45) is 0.494. The first kappa shape index (κ1) is 18.9. The zero-order chi connectivity index (χ0) is 20.5. The van der Waals surface area contributed by atoms with Crippen LogP contribution in [0.3, 0.4) is 0 Å². The average Bonchev–Trinajstić information content (AvgIpc) is 3.12. The highest BCUT2D eigenvalue weighted by molar-refractivity contribution is 6.04. The molecule has 1 aliphatic rings. The molecule has 4 rings (SSSR count). The third kappa shape index (κ3) is 3.53. The number of nitrogens with zero attached hydrogens (tertiary/aromatic N) is 2. The summed E-state index contributed by atoms with van der Waals surface area (Å²) in [5.74, 6) is 0.390. The van der Waals surface area contributed by atoms with E-state index in [4.69, 9.17) is 9.84 Å². The number of nitrogens with one attached hydrogen (secondary N) is 1. The van der Waals surface area contributed by atoms with Gasteiger partial charge < -0.3 is 9.72 Å². The number of benzene rings is 2. The molecule has 0 radical (unpaired) electrons. The molecule has 0 bridgehead atoms. The third-order valence-corrected chi connectivity index (χ3v) is 5.16. The van der Waals surface area contributed by atoms with Crippen LogP contribution in [0, 0.1) is 19.7 Å². The molecule has 6 heteroatoms. The fraction of sp³-hybridized carbons (Fsp3) is 0.217. The largest absolute Gasteiger partial charge is 0.497 e. The van der Waals surface area contributed by atoms with Gasteiger partial charge >= 0.3 is 0 Å². The minimum Gasteiger partial charge on any atom is -0.497 e. The number of methoxy groups -OCH3 is 1. The highest BCUT2D eigenvalue weighted by atomic mass is 19.1. The Hall–Kier alpha value is -3.41. The predicted molar refractivity (Wildman–Crippen MR) is 112 cm³/mol. The van der Waals surface area contributed by atoms with Gasteiger partial charge in [0.1, 0.15) is 11.6 Å². The van der Waals surface area contributed by atoms with Gasteiger partial charge in [-0.1, -0.05) is 24.3 Å². The average molecular weight is 391 g/mol. The predicted octanol–water partition coefficient (Wildman–Crippen LogP) is 4.50. The molecule has 0 aliphatic carbocycles. The molecular weight excluding hydrogens is 369 g/mol. The van der Waals surface area contributed by atoms with Crippen LogP contribution in [0.1, 0.15) is 34.8 Å². The van der Waals surface area contributed by atoms with Gasteiger partial charge in [-0.15, -0.1) is 0 Å². The number of pyridine rings is 1.